The molecule has 0 fully saturated rings. The van der Waals surface area contributed by atoms with E-state index in [0.717, 1.165) is 11.3 Å². The van der Waals surface area contributed by atoms with Crippen LogP contribution >= 0.6 is 11.8 Å². The van der Waals surface area contributed by atoms with E-state index in [1.165, 1.54) is 12.1 Å². The molecule has 0 aliphatic heterocycles. The highest BCUT2D eigenvalue weighted by Crippen LogP contribution is 2.27. The summed E-state index contributed by atoms with van der Waals surface area (Å²) in [4.78, 5) is 11.0. The maximum Gasteiger partial charge on any atom is 0.269 e. The molecular weight excluding hydrogens is 214 g/mol. The average Bonchev–Trinajstić information content (AvgIpc) is 2.26. The van der Waals surface area contributed by atoms with Gasteiger partial charge in [-0.3, -0.25) is 10.1 Å². The van der Waals surface area contributed by atoms with Crippen LogP contribution in [-0.2, 0) is 4.74 Å². The molecule has 0 saturated carbocycles. The summed E-state index contributed by atoms with van der Waals surface area (Å²) >= 11 is 1.56. The summed E-state index contributed by atoms with van der Waals surface area (Å²) in [7, 11) is 1.66. The molecule has 5 heteroatoms. The van der Waals surface area contributed by atoms with Crippen molar-refractivity contribution in [3.05, 3.63) is 34.4 Å². The summed E-state index contributed by atoms with van der Waals surface area (Å²) < 4.78 is 5.21. The first-order valence-corrected chi connectivity index (χ1v) is 5.49. The molecule has 0 heterocycles. The Bertz CT molecular complexity index is 322. The van der Waals surface area contributed by atoms with Gasteiger partial charge in [-0.05, 0) is 18.6 Å². The fourth-order valence-corrected chi connectivity index (χ4v) is 1.96. The summed E-state index contributed by atoms with van der Waals surface area (Å²) in [5.41, 5.74) is 0.219. The molecule has 0 aliphatic rings. The van der Waals surface area contributed by atoms with Gasteiger partial charge in [0.15, 0.2) is 0 Å². The Balaban J connectivity index is 2.67. The minimum absolute atomic E-state index is 0.103. The second kappa shape index (κ2) is 5.72. The predicted octanol–water partition coefficient (Wildman–Crippen LogP) is 3.07. The molecule has 0 N–H and O–H groups in total. The first-order chi connectivity index (χ1) is 7.17. The lowest BCUT2D eigenvalue weighted by molar-refractivity contribution is -0.384. The van der Waals surface area contributed by atoms with Gasteiger partial charge in [-0.2, -0.15) is 0 Å². The second-order valence-electron chi connectivity index (χ2n) is 2.94. The molecule has 1 rings (SSSR count). The van der Waals surface area contributed by atoms with Crippen LogP contribution in [0.4, 0.5) is 5.69 Å². The zero-order valence-corrected chi connectivity index (χ0v) is 9.49. The van der Waals surface area contributed by atoms with E-state index in [1.54, 1.807) is 31.0 Å². The quantitative estimate of drug-likeness (QED) is 0.336. The van der Waals surface area contributed by atoms with Gasteiger partial charge in [0.25, 0.3) is 5.69 Å². The summed E-state index contributed by atoms with van der Waals surface area (Å²) in [6.45, 7) is 2.03. The van der Waals surface area contributed by atoms with Gasteiger partial charge in [0.1, 0.15) is 5.44 Å². The molecule has 4 nitrogen and oxygen atoms in total. The maximum atomic E-state index is 10.4. The van der Waals surface area contributed by atoms with Gasteiger partial charge < -0.3 is 4.74 Å². The third-order valence-corrected chi connectivity index (χ3v) is 3.24. The Kier molecular flexibility index (Phi) is 4.58. The van der Waals surface area contributed by atoms with Crippen molar-refractivity contribution >= 4 is 17.4 Å². The standard InChI is InChI=1S/C10H13NO3S/c1-3-10(14-2)15-9-6-4-8(5-7-9)11(12)13/h4-7,10H,3H2,1-2H3/t10-/m0/s1. The SMILES string of the molecule is CC[C@@H](OC)Sc1ccc([N+](=O)[O-])cc1. The van der Waals surface area contributed by atoms with Crippen LogP contribution in [-0.4, -0.2) is 17.5 Å². The Labute approximate surface area is 92.8 Å². The molecular formula is C10H13NO3S. The van der Waals surface area contributed by atoms with Gasteiger partial charge >= 0.3 is 0 Å². The number of nitrogens with zero attached hydrogens (tertiary/aromatic N) is 1. The first kappa shape index (κ1) is 12.0. The van der Waals surface area contributed by atoms with E-state index >= 15 is 0 Å². The Morgan fingerprint density at radius 1 is 1.47 bits per heavy atom. The number of hydrogen-bond acceptors (Lipinski definition) is 4. The van der Waals surface area contributed by atoms with Crippen LogP contribution in [0.2, 0.25) is 0 Å². The molecule has 1 aromatic carbocycles. The molecule has 0 radical (unpaired) electrons. The molecule has 0 aliphatic carbocycles. The van der Waals surface area contributed by atoms with Crippen molar-refractivity contribution in [2.75, 3.05) is 7.11 Å². The minimum Gasteiger partial charge on any atom is -0.370 e. The minimum atomic E-state index is -0.401. The molecule has 0 aromatic heterocycles. The summed E-state index contributed by atoms with van der Waals surface area (Å²) in [6.07, 6.45) is 0.901. The van der Waals surface area contributed by atoms with Crippen molar-refractivity contribution in [3.63, 3.8) is 0 Å². The van der Waals surface area contributed by atoms with Crippen LogP contribution in [0.3, 0.4) is 0 Å². The van der Waals surface area contributed by atoms with Crippen molar-refractivity contribution in [1.82, 2.24) is 0 Å². The largest absolute Gasteiger partial charge is 0.370 e. The van der Waals surface area contributed by atoms with Crippen molar-refractivity contribution in [2.24, 2.45) is 0 Å². The highest BCUT2D eigenvalue weighted by molar-refractivity contribution is 7.99. The number of benzene rings is 1. The summed E-state index contributed by atoms with van der Waals surface area (Å²) in [5.74, 6) is 0. The number of non-ortho nitro benzene ring substituents is 1. The molecule has 1 atom stereocenters. The van der Waals surface area contributed by atoms with Crippen LogP contribution in [0.15, 0.2) is 29.2 Å². The molecule has 1 aromatic rings. The zero-order chi connectivity index (χ0) is 11.3. The van der Waals surface area contributed by atoms with E-state index in [2.05, 4.69) is 0 Å². The Hall–Kier alpha value is -1.07. The monoisotopic (exact) mass is 227 g/mol. The normalized spacial score (nSPS) is 12.4. The average molecular weight is 227 g/mol. The number of nitro groups is 1. The number of hydrogen-bond donors (Lipinski definition) is 0. The predicted molar refractivity (Wildman–Crippen MR) is 60.0 cm³/mol. The van der Waals surface area contributed by atoms with Crippen LogP contribution in [0.25, 0.3) is 0 Å². The van der Waals surface area contributed by atoms with E-state index in [1.807, 2.05) is 6.92 Å². The fraction of sp³-hybridized carbons (Fsp3) is 0.400. The molecule has 15 heavy (non-hydrogen) atoms. The number of methoxy groups -OCH3 is 1. The smallest absolute Gasteiger partial charge is 0.269 e. The van der Waals surface area contributed by atoms with E-state index < -0.39 is 4.92 Å². The lowest BCUT2D eigenvalue weighted by atomic mass is 10.3. The third-order valence-electron chi connectivity index (χ3n) is 1.91. The molecule has 82 valence electrons. The van der Waals surface area contributed by atoms with Crippen molar-refractivity contribution in [1.29, 1.82) is 0 Å². The fourth-order valence-electron chi connectivity index (χ4n) is 1.10. The van der Waals surface area contributed by atoms with E-state index in [4.69, 9.17) is 4.74 Å². The number of rotatable bonds is 5. The van der Waals surface area contributed by atoms with Crippen LogP contribution in [0.1, 0.15) is 13.3 Å². The van der Waals surface area contributed by atoms with E-state index in [-0.39, 0.29) is 11.1 Å². The highest BCUT2D eigenvalue weighted by Gasteiger charge is 2.08. The Morgan fingerprint density at radius 2 is 2.07 bits per heavy atom. The summed E-state index contributed by atoms with van der Waals surface area (Å²) in [6, 6.07) is 6.49. The van der Waals surface area contributed by atoms with Crippen molar-refractivity contribution in [2.45, 2.75) is 23.7 Å². The molecule has 0 unspecified atom stereocenters. The Morgan fingerprint density at radius 3 is 2.47 bits per heavy atom. The van der Waals surface area contributed by atoms with E-state index in [0.29, 0.717) is 0 Å². The van der Waals surface area contributed by atoms with Crippen LogP contribution < -0.4 is 0 Å². The second-order valence-corrected chi connectivity index (χ2v) is 4.18. The zero-order valence-electron chi connectivity index (χ0n) is 8.67. The van der Waals surface area contributed by atoms with Crippen LogP contribution in [0, 0.1) is 10.1 Å². The first-order valence-electron chi connectivity index (χ1n) is 4.61. The lowest BCUT2D eigenvalue weighted by Crippen LogP contribution is -2.02. The molecule has 0 bridgehead atoms. The van der Waals surface area contributed by atoms with Gasteiger partial charge in [-0.1, -0.05) is 18.7 Å². The van der Waals surface area contributed by atoms with Gasteiger partial charge in [0, 0.05) is 24.1 Å². The third kappa shape index (κ3) is 3.53. The van der Waals surface area contributed by atoms with Crippen molar-refractivity contribution in [3.8, 4) is 0 Å². The van der Waals surface area contributed by atoms with Gasteiger partial charge in [-0.25, -0.2) is 0 Å². The molecule has 0 saturated heterocycles. The van der Waals surface area contributed by atoms with Gasteiger partial charge in [0.2, 0.25) is 0 Å². The van der Waals surface area contributed by atoms with E-state index in [9.17, 15) is 10.1 Å². The lowest BCUT2D eigenvalue weighted by Gasteiger charge is -2.11. The number of ether oxygens (including phenoxy) is 1. The van der Waals surface area contributed by atoms with Crippen molar-refractivity contribution < 1.29 is 9.66 Å². The maximum absolute atomic E-state index is 10.4. The van der Waals surface area contributed by atoms with Crippen LogP contribution in [0.5, 0.6) is 0 Å². The number of nitro benzene ring substituents is 1. The highest BCUT2D eigenvalue weighted by atomic mass is 32.2. The summed E-state index contributed by atoms with van der Waals surface area (Å²) in [5, 5.41) is 10.4. The van der Waals surface area contributed by atoms with Gasteiger partial charge in [-0.15, -0.1) is 0 Å². The number of thioether (sulfide) groups is 1. The molecule has 0 amide bonds. The van der Waals surface area contributed by atoms with Gasteiger partial charge in [0.05, 0.1) is 4.92 Å². The molecule has 0 spiro atoms. The topological polar surface area (TPSA) is 52.4 Å².